The number of hydrogen-bond acceptors (Lipinski definition) is 5. The monoisotopic (exact) mass is 280 g/mol. The Morgan fingerprint density at radius 1 is 1.40 bits per heavy atom. The van der Waals surface area contributed by atoms with E-state index in [1.807, 2.05) is 31.7 Å². The van der Waals surface area contributed by atoms with E-state index >= 15 is 0 Å². The molecule has 1 aromatic rings. The zero-order valence-electron chi connectivity index (χ0n) is 12.5. The molecule has 20 heavy (non-hydrogen) atoms. The first-order valence-electron chi connectivity index (χ1n) is 7.16. The molecule has 1 amide bonds. The van der Waals surface area contributed by atoms with Crippen molar-refractivity contribution >= 4 is 5.91 Å². The summed E-state index contributed by atoms with van der Waals surface area (Å²) >= 11 is 0. The van der Waals surface area contributed by atoms with Gasteiger partial charge in [0.1, 0.15) is 5.76 Å². The van der Waals surface area contributed by atoms with Crippen LogP contribution in [0.1, 0.15) is 25.3 Å². The minimum absolute atomic E-state index is 0.0985. The van der Waals surface area contributed by atoms with Gasteiger partial charge in [0.05, 0.1) is 11.6 Å². The fraction of sp³-hybridized carbons (Fsp3) is 0.714. The predicted molar refractivity (Wildman–Crippen MR) is 75.9 cm³/mol. The van der Waals surface area contributed by atoms with Gasteiger partial charge in [0.25, 0.3) is 0 Å². The van der Waals surface area contributed by atoms with Crippen molar-refractivity contribution in [3.05, 3.63) is 17.5 Å². The lowest BCUT2D eigenvalue weighted by Crippen LogP contribution is -2.51. The van der Waals surface area contributed by atoms with Gasteiger partial charge in [0.15, 0.2) is 0 Å². The van der Waals surface area contributed by atoms with E-state index in [1.165, 1.54) is 0 Å². The predicted octanol–water partition coefficient (Wildman–Crippen LogP) is 0.611. The molecule has 2 heterocycles. The lowest BCUT2D eigenvalue weighted by molar-refractivity contribution is -0.137. The summed E-state index contributed by atoms with van der Waals surface area (Å²) in [6.45, 7) is 9.69. The van der Waals surface area contributed by atoms with Gasteiger partial charge < -0.3 is 15.2 Å². The number of aryl methyl sites for hydroxylation is 1. The van der Waals surface area contributed by atoms with Gasteiger partial charge in [-0.1, -0.05) is 12.1 Å². The highest BCUT2D eigenvalue weighted by Crippen LogP contribution is 2.12. The van der Waals surface area contributed by atoms with Crippen LogP contribution >= 0.6 is 0 Å². The van der Waals surface area contributed by atoms with E-state index in [1.54, 1.807) is 0 Å². The van der Waals surface area contributed by atoms with Gasteiger partial charge in [0.2, 0.25) is 5.91 Å². The highest BCUT2D eigenvalue weighted by atomic mass is 16.5. The molecule has 0 spiro atoms. The second-order valence-electron chi connectivity index (χ2n) is 5.68. The van der Waals surface area contributed by atoms with E-state index in [-0.39, 0.29) is 17.9 Å². The zero-order valence-corrected chi connectivity index (χ0v) is 12.5. The Hall–Kier alpha value is -1.40. The summed E-state index contributed by atoms with van der Waals surface area (Å²) in [5.74, 6) is 0.885. The molecule has 0 bridgehead atoms. The van der Waals surface area contributed by atoms with E-state index in [0.717, 1.165) is 44.2 Å². The van der Waals surface area contributed by atoms with Gasteiger partial charge in [0, 0.05) is 44.8 Å². The maximum atomic E-state index is 12.2. The van der Waals surface area contributed by atoms with Gasteiger partial charge in [-0.3, -0.25) is 9.69 Å². The van der Waals surface area contributed by atoms with Gasteiger partial charge >= 0.3 is 0 Å². The van der Waals surface area contributed by atoms with E-state index in [0.29, 0.717) is 0 Å². The number of hydrogen-bond donors (Lipinski definition) is 1. The van der Waals surface area contributed by atoms with E-state index < -0.39 is 0 Å². The second kappa shape index (κ2) is 6.37. The highest BCUT2D eigenvalue weighted by Gasteiger charge is 2.26. The Morgan fingerprint density at radius 3 is 2.55 bits per heavy atom. The summed E-state index contributed by atoms with van der Waals surface area (Å²) in [6, 6.07) is 1.86. The van der Waals surface area contributed by atoms with Crippen LogP contribution < -0.4 is 5.73 Å². The lowest BCUT2D eigenvalue weighted by atomic mass is 10.0. The highest BCUT2D eigenvalue weighted by molar-refractivity contribution is 5.79. The minimum Gasteiger partial charge on any atom is -0.361 e. The molecule has 2 N–H and O–H groups in total. The number of carbonyl (C=O) groups is 1. The maximum absolute atomic E-state index is 12.2. The van der Waals surface area contributed by atoms with Gasteiger partial charge in [-0.05, 0) is 13.8 Å². The zero-order chi connectivity index (χ0) is 14.7. The minimum atomic E-state index is -0.111. The summed E-state index contributed by atoms with van der Waals surface area (Å²) in [5.41, 5.74) is 6.75. The fourth-order valence-electron chi connectivity index (χ4n) is 2.36. The molecule has 2 unspecified atom stereocenters. The van der Waals surface area contributed by atoms with E-state index in [9.17, 15) is 4.79 Å². The first kappa shape index (κ1) is 15.0. The summed E-state index contributed by atoms with van der Waals surface area (Å²) in [4.78, 5) is 16.4. The Labute approximate surface area is 119 Å². The number of piperazine rings is 1. The van der Waals surface area contributed by atoms with Gasteiger partial charge in [-0.15, -0.1) is 0 Å². The molecule has 1 aliphatic rings. The summed E-state index contributed by atoms with van der Waals surface area (Å²) in [6.07, 6.45) is 0. The third-order valence-corrected chi connectivity index (χ3v) is 3.92. The van der Waals surface area contributed by atoms with Crippen LogP contribution in [-0.4, -0.2) is 53.1 Å². The Morgan fingerprint density at radius 2 is 2.05 bits per heavy atom. The summed E-state index contributed by atoms with van der Waals surface area (Å²) in [5, 5.41) is 4.00. The van der Waals surface area contributed by atoms with Crippen LogP contribution in [0, 0.1) is 12.8 Å². The third-order valence-electron chi connectivity index (χ3n) is 3.92. The summed E-state index contributed by atoms with van der Waals surface area (Å²) in [7, 11) is 0. The fourth-order valence-corrected chi connectivity index (χ4v) is 2.36. The lowest BCUT2D eigenvalue weighted by Gasteiger charge is -2.36. The van der Waals surface area contributed by atoms with Crippen molar-refractivity contribution in [3.63, 3.8) is 0 Å². The molecular formula is C14H24N4O2. The SMILES string of the molecule is Cc1cc(CN2CCN(C(=O)C(C)C(C)N)CC2)no1. The van der Waals surface area contributed by atoms with Crippen molar-refractivity contribution in [2.75, 3.05) is 26.2 Å². The van der Waals surface area contributed by atoms with Crippen LogP contribution in [0.4, 0.5) is 0 Å². The molecule has 0 aliphatic carbocycles. The van der Waals surface area contributed by atoms with Gasteiger partial charge in [-0.25, -0.2) is 0 Å². The van der Waals surface area contributed by atoms with Gasteiger partial charge in [-0.2, -0.15) is 0 Å². The Bertz CT molecular complexity index is 450. The van der Waals surface area contributed by atoms with E-state index in [2.05, 4.69) is 10.1 Å². The van der Waals surface area contributed by atoms with Crippen molar-refractivity contribution < 1.29 is 9.32 Å². The van der Waals surface area contributed by atoms with Crippen LogP contribution in [0.15, 0.2) is 10.6 Å². The average molecular weight is 280 g/mol. The van der Waals surface area contributed by atoms with Crippen molar-refractivity contribution in [3.8, 4) is 0 Å². The molecule has 2 rings (SSSR count). The smallest absolute Gasteiger partial charge is 0.227 e. The topological polar surface area (TPSA) is 75.6 Å². The van der Waals surface area contributed by atoms with Crippen LogP contribution in [0.3, 0.4) is 0 Å². The van der Waals surface area contributed by atoms with Crippen LogP contribution in [0.25, 0.3) is 0 Å². The number of amides is 1. The molecule has 1 aromatic heterocycles. The molecule has 0 radical (unpaired) electrons. The average Bonchev–Trinajstić information content (AvgIpc) is 2.83. The Balaban J connectivity index is 1.82. The van der Waals surface area contributed by atoms with Crippen molar-refractivity contribution in [2.24, 2.45) is 11.7 Å². The van der Waals surface area contributed by atoms with Crippen molar-refractivity contribution in [1.82, 2.24) is 15.0 Å². The molecule has 1 fully saturated rings. The number of nitrogens with zero attached hydrogens (tertiary/aromatic N) is 3. The third kappa shape index (κ3) is 3.58. The summed E-state index contributed by atoms with van der Waals surface area (Å²) < 4.78 is 5.07. The maximum Gasteiger partial charge on any atom is 0.227 e. The van der Waals surface area contributed by atoms with Crippen molar-refractivity contribution in [1.29, 1.82) is 0 Å². The Kier molecular flexibility index (Phi) is 4.77. The first-order chi connectivity index (χ1) is 9.47. The molecule has 6 nitrogen and oxygen atoms in total. The van der Waals surface area contributed by atoms with Crippen LogP contribution in [0.5, 0.6) is 0 Å². The van der Waals surface area contributed by atoms with Crippen LogP contribution in [0.2, 0.25) is 0 Å². The first-order valence-corrected chi connectivity index (χ1v) is 7.16. The number of carbonyl (C=O) groups excluding carboxylic acids is 1. The molecule has 1 saturated heterocycles. The molecule has 112 valence electrons. The molecule has 0 aromatic carbocycles. The van der Waals surface area contributed by atoms with Crippen LogP contribution in [-0.2, 0) is 11.3 Å². The standard InChI is InChI=1S/C14H24N4O2/c1-10-8-13(16-20-10)9-17-4-6-18(7-5-17)14(19)11(2)12(3)15/h8,11-12H,4-7,9,15H2,1-3H3. The molecular weight excluding hydrogens is 256 g/mol. The number of rotatable bonds is 4. The largest absolute Gasteiger partial charge is 0.361 e. The molecule has 2 atom stereocenters. The molecule has 1 aliphatic heterocycles. The number of aromatic nitrogens is 1. The number of nitrogens with two attached hydrogens (primary N) is 1. The quantitative estimate of drug-likeness (QED) is 0.874. The van der Waals surface area contributed by atoms with E-state index in [4.69, 9.17) is 10.3 Å². The van der Waals surface area contributed by atoms with Crippen molar-refractivity contribution in [2.45, 2.75) is 33.4 Å². The molecule has 6 heteroatoms. The second-order valence-corrected chi connectivity index (χ2v) is 5.68. The normalized spacial score (nSPS) is 19.9. The molecule has 0 saturated carbocycles.